The number of hydrogen-bond donors (Lipinski definition) is 0. The zero-order chi connectivity index (χ0) is 17.1. The van der Waals surface area contributed by atoms with Crippen LogP contribution in [0.2, 0.25) is 11.1 Å². The van der Waals surface area contributed by atoms with E-state index in [0.717, 1.165) is 0 Å². The maximum Gasteiger partial charge on any atom is 0.128 e. The Labute approximate surface area is 156 Å². The Balaban J connectivity index is 2.78. The first kappa shape index (κ1) is 18.5. The average molecular weight is 434 g/mol. The van der Waals surface area contributed by atoms with Crippen LogP contribution >= 0.6 is 22.6 Å². The first-order valence-electron chi connectivity index (χ1n) is 8.22. The molecule has 0 unspecified atom stereocenters. The normalized spacial score (nSPS) is 12.1. The maximum absolute atomic E-state index is 2.56. The molecule has 0 nitrogen and oxygen atoms in total. The molecule has 0 aromatic heterocycles. The highest BCUT2D eigenvalue weighted by atomic mass is 127. The van der Waals surface area contributed by atoms with Gasteiger partial charge in [0.1, 0.15) is 8.07 Å². The van der Waals surface area contributed by atoms with Crippen LogP contribution in [-0.4, -0.2) is 8.07 Å². The lowest BCUT2D eigenvalue weighted by Crippen LogP contribution is -2.64. The molecule has 2 heteroatoms. The summed E-state index contributed by atoms with van der Waals surface area (Å²) in [5, 5.41) is 3.31. The van der Waals surface area contributed by atoms with E-state index in [1.165, 1.54) is 25.6 Å². The van der Waals surface area contributed by atoms with E-state index in [0.29, 0.717) is 0 Å². The largest absolute Gasteiger partial charge is 0.128 e. The van der Waals surface area contributed by atoms with E-state index in [4.69, 9.17) is 0 Å². The van der Waals surface area contributed by atoms with Crippen LogP contribution in [0.3, 0.4) is 0 Å². The second kappa shape index (κ2) is 7.35. The Hall–Kier alpha value is -0.873. The second-order valence-corrected chi connectivity index (χ2v) is 13.6. The number of hydrogen-bond acceptors (Lipinski definition) is 0. The third-order valence-electron chi connectivity index (χ3n) is 4.78. The fourth-order valence-electron chi connectivity index (χ4n) is 3.36. The van der Waals surface area contributed by atoms with Gasteiger partial charge < -0.3 is 0 Å². The van der Waals surface area contributed by atoms with E-state index >= 15 is 0 Å². The molecule has 0 aliphatic heterocycles. The number of rotatable bonds is 4. The molecule has 0 aliphatic carbocycles. The molecule has 0 heterocycles. The highest BCUT2D eigenvalue weighted by Gasteiger charge is 2.47. The van der Waals surface area contributed by atoms with Crippen molar-refractivity contribution in [3.05, 3.63) is 69.8 Å². The average Bonchev–Trinajstić information content (AvgIpc) is 2.52. The van der Waals surface area contributed by atoms with Crippen molar-refractivity contribution in [1.29, 1.82) is 0 Å². The van der Waals surface area contributed by atoms with Crippen molar-refractivity contribution in [3.63, 3.8) is 0 Å². The molecule has 0 saturated heterocycles. The van der Waals surface area contributed by atoms with E-state index in [1.807, 2.05) is 0 Å². The summed E-state index contributed by atoms with van der Waals surface area (Å²) in [6, 6.07) is 23.6. The zero-order valence-electron chi connectivity index (χ0n) is 14.9. The summed E-state index contributed by atoms with van der Waals surface area (Å²) in [4.78, 5) is 0. The first-order chi connectivity index (χ1) is 10.8. The van der Waals surface area contributed by atoms with E-state index in [-0.39, 0.29) is 5.04 Å². The molecular formula is C21H27ISi. The Morgan fingerprint density at radius 1 is 0.826 bits per heavy atom. The summed E-state index contributed by atoms with van der Waals surface area (Å²) in [5.41, 5.74) is 1.44. The number of allylic oxidation sites excluding steroid dienone is 2. The SMILES string of the molecule is CC(C)=C(I)C[Si](c1ccccc1)(c1ccccc1)C(C)(C)C. The first-order valence-corrected chi connectivity index (χ1v) is 11.5. The maximum atomic E-state index is 2.56. The molecule has 0 N–H and O–H groups in total. The van der Waals surface area contributed by atoms with Gasteiger partial charge in [0.15, 0.2) is 0 Å². The monoisotopic (exact) mass is 434 g/mol. The van der Waals surface area contributed by atoms with Gasteiger partial charge in [-0.15, -0.1) is 0 Å². The smallest absolute Gasteiger partial charge is 0.0674 e. The van der Waals surface area contributed by atoms with Gasteiger partial charge in [0, 0.05) is 0 Å². The third-order valence-corrected chi connectivity index (χ3v) is 13.0. The summed E-state index contributed by atoms with van der Waals surface area (Å²) >= 11 is 2.56. The minimum atomic E-state index is -1.94. The highest BCUT2D eigenvalue weighted by molar-refractivity contribution is 14.1. The second-order valence-electron chi connectivity index (χ2n) is 7.47. The van der Waals surface area contributed by atoms with Gasteiger partial charge in [0.25, 0.3) is 0 Å². The molecular weight excluding hydrogens is 407 g/mol. The van der Waals surface area contributed by atoms with Crippen molar-refractivity contribution in [2.24, 2.45) is 0 Å². The third kappa shape index (κ3) is 3.80. The molecule has 2 rings (SSSR count). The molecule has 0 saturated carbocycles. The van der Waals surface area contributed by atoms with Crippen LogP contribution in [0.15, 0.2) is 69.8 Å². The molecule has 23 heavy (non-hydrogen) atoms. The summed E-state index contributed by atoms with van der Waals surface area (Å²) in [6.45, 7) is 11.7. The molecule has 0 amide bonds. The Morgan fingerprint density at radius 2 is 1.22 bits per heavy atom. The van der Waals surface area contributed by atoms with Gasteiger partial charge in [0.2, 0.25) is 0 Å². The summed E-state index contributed by atoms with van der Waals surface area (Å²) in [7, 11) is -1.94. The van der Waals surface area contributed by atoms with Gasteiger partial charge >= 0.3 is 0 Å². The number of halogens is 1. The molecule has 0 bridgehead atoms. The Kier molecular flexibility index (Phi) is 5.90. The number of benzene rings is 2. The van der Waals surface area contributed by atoms with Gasteiger partial charge in [-0.05, 0) is 51.1 Å². The fourth-order valence-corrected chi connectivity index (χ4v) is 10.4. The van der Waals surface area contributed by atoms with Gasteiger partial charge in [0.05, 0.1) is 0 Å². The predicted molar refractivity (Wildman–Crippen MR) is 115 cm³/mol. The van der Waals surface area contributed by atoms with Crippen LogP contribution in [0, 0.1) is 0 Å². The molecule has 0 atom stereocenters. The summed E-state index contributed by atoms with van der Waals surface area (Å²) in [6.07, 6.45) is 0. The van der Waals surface area contributed by atoms with E-state index in [1.54, 1.807) is 0 Å². The van der Waals surface area contributed by atoms with E-state index in [9.17, 15) is 0 Å². The molecule has 0 radical (unpaired) electrons. The minimum absolute atomic E-state index is 0.238. The van der Waals surface area contributed by atoms with Gasteiger partial charge in [-0.25, -0.2) is 0 Å². The van der Waals surface area contributed by atoms with E-state index < -0.39 is 8.07 Å². The highest BCUT2D eigenvalue weighted by Crippen LogP contribution is 2.42. The lowest BCUT2D eigenvalue weighted by atomic mass is 10.2. The Bertz CT molecular complexity index is 622. The van der Waals surface area contributed by atoms with Crippen molar-refractivity contribution in [2.75, 3.05) is 0 Å². The molecule has 2 aromatic carbocycles. The standard InChI is InChI=1S/C21H27ISi/c1-17(2)20(22)16-23(21(3,4)5,18-12-8-6-9-13-18)19-14-10-7-11-15-19/h6-15H,16H2,1-5H3. The molecule has 0 aliphatic rings. The van der Waals surface area contributed by atoms with Crippen LogP contribution in [0.4, 0.5) is 0 Å². The predicted octanol–water partition coefficient (Wildman–Crippen LogP) is 5.78. The zero-order valence-corrected chi connectivity index (χ0v) is 18.0. The van der Waals surface area contributed by atoms with Crippen LogP contribution in [0.1, 0.15) is 34.6 Å². The molecule has 2 aromatic rings. The van der Waals surface area contributed by atoms with Crippen molar-refractivity contribution in [2.45, 2.75) is 45.7 Å². The van der Waals surface area contributed by atoms with Gasteiger partial charge in [-0.3, -0.25) is 0 Å². The van der Waals surface area contributed by atoms with Crippen LogP contribution in [-0.2, 0) is 0 Å². The topological polar surface area (TPSA) is 0 Å². The lowest BCUT2D eigenvalue weighted by molar-refractivity contribution is 0.730. The molecule has 0 spiro atoms. The quantitative estimate of drug-likeness (QED) is 0.423. The van der Waals surface area contributed by atoms with Gasteiger partial charge in [-0.1, -0.05) is 97.4 Å². The van der Waals surface area contributed by atoms with Crippen molar-refractivity contribution in [1.82, 2.24) is 0 Å². The van der Waals surface area contributed by atoms with E-state index in [2.05, 4.69) is 118 Å². The summed E-state index contributed by atoms with van der Waals surface area (Å²) < 4.78 is 1.51. The molecule has 122 valence electrons. The minimum Gasteiger partial charge on any atom is -0.0674 e. The van der Waals surface area contributed by atoms with Crippen LogP contribution < -0.4 is 10.4 Å². The lowest BCUT2D eigenvalue weighted by Gasteiger charge is -2.44. The van der Waals surface area contributed by atoms with Crippen LogP contribution in [0.25, 0.3) is 0 Å². The fraction of sp³-hybridized carbons (Fsp3) is 0.333. The Morgan fingerprint density at radius 3 is 1.52 bits per heavy atom. The van der Waals surface area contributed by atoms with Gasteiger partial charge in [-0.2, -0.15) is 0 Å². The summed E-state index contributed by atoms with van der Waals surface area (Å²) in [5.74, 6) is 0. The van der Waals surface area contributed by atoms with Crippen molar-refractivity contribution < 1.29 is 0 Å². The van der Waals surface area contributed by atoms with Crippen molar-refractivity contribution >= 4 is 41.0 Å². The van der Waals surface area contributed by atoms with Crippen molar-refractivity contribution in [3.8, 4) is 0 Å². The molecule has 0 fully saturated rings. The van der Waals surface area contributed by atoms with Crippen LogP contribution in [0.5, 0.6) is 0 Å².